The molecule has 0 fully saturated rings. The van der Waals surface area contributed by atoms with E-state index in [-0.39, 0.29) is 5.75 Å². The second-order valence-corrected chi connectivity index (χ2v) is 3.50. The van der Waals surface area contributed by atoms with Crippen molar-refractivity contribution in [3.8, 4) is 5.75 Å². The molecular weight excluding hydrogens is 275 g/mol. The third-order valence-electron chi connectivity index (χ3n) is 1.59. The fourth-order valence-corrected chi connectivity index (χ4v) is 1.39. The Kier molecular flexibility index (Phi) is 3.96. The standard InChI is InChI=1S/C9H9BrF3NO/c1-6-2-3-8(7(4-10)14-6)15-5-9(11,12)13/h2-3H,4-5H2,1H3. The van der Waals surface area contributed by atoms with E-state index in [4.69, 9.17) is 0 Å². The average molecular weight is 284 g/mol. The minimum absolute atomic E-state index is 0.162. The molecule has 1 heterocycles. The van der Waals surface area contributed by atoms with Crippen molar-refractivity contribution in [2.75, 3.05) is 6.61 Å². The number of alkyl halides is 4. The molecular formula is C9H9BrF3NO. The van der Waals surface area contributed by atoms with Crippen LogP contribution in [0.25, 0.3) is 0 Å². The number of aromatic nitrogens is 1. The molecule has 0 amide bonds. The second-order valence-electron chi connectivity index (χ2n) is 2.93. The fraction of sp³-hybridized carbons (Fsp3) is 0.444. The molecule has 2 nitrogen and oxygen atoms in total. The van der Waals surface area contributed by atoms with Gasteiger partial charge in [0, 0.05) is 11.0 Å². The molecule has 0 aliphatic carbocycles. The minimum atomic E-state index is -4.32. The van der Waals surface area contributed by atoms with Crippen molar-refractivity contribution in [2.45, 2.75) is 18.4 Å². The van der Waals surface area contributed by atoms with E-state index in [9.17, 15) is 13.2 Å². The van der Waals surface area contributed by atoms with Crippen LogP contribution in [0.4, 0.5) is 13.2 Å². The Morgan fingerprint density at radius 1 is 1.40 bits per heavy atom. The number of hydrogen-bond donors (Lipinski definition) is 0. The lowest BCUT2D eigenvalue weighted by atomic mass is 10.3. The molecule has 0 saturated heterocycles. The molecule has 0 radical (unpaired) electrons. The summed E-state index contributed by atoms with van der Waals surface area (Å²) in [4.78, 5) is 4.05. The highest BCUT2D eigenvalue weighted by Gasteiger charge is 2.28. The van der Waals surface area contributed by atoms with Crippen LogP contribution in [-0.4, -0.2) is 17.8 Å². The van der Waals surface area contributed by atoms with Crippen LogP contribution in [-0.2, 0) is 5.33 Å². The van der Waals surface area contributed by atoms with Crippen LogP contribution < -0.4 is 4.74 Å². The Balaban J connectivity index is 2.76. The zero-order valence-electron chi connectivity index (χ0n) is 7.94. The third kappa shape index (κ3) is 4.07. The highest BCUT2D eigenvalue weighted by Crippen LogP contribution is 2.22. The first-order chi connectivity index (χ1) is 6.92. The quantitative estimate of drug-likeness (QED) is 0.795. The van der Waals surface area contributed by atoms with Gasteiger partial charge in [-0.25, -0.2) is 0 Å². The zero-order chi connectivity index (χ0) is 11.5. The first-order valence-corrected chi connectivity index (χ1v) is 5.26. The van der Waals surface area contributed by atoms with Crippen LogP contribution in [0.15, 0.2) is 12.1 Å². The Morgan fingerprint density at radius 2 is 2.07 bits per heavy atom. The van der Waals surface area contributed by atoms with Gasteiger partial charge in [0.25, 0.3) is 0 Å². The van der Waals surface area contributed by atoms with Crippen molar-refractivity contribution < 1.29 is 17.9 Å². The second kappa shape index (κ2) is 4.83. The van der Waals surface area contributed by atoms with Gasteiger partial charge in [-0.1, -0.05) is 15.9 Å². The lowest BCUT2D eigenvalue weighted by Crippen LogP contribution is -2.19. The van der Waals surface area contributed by atoms with Crippen molar-refractivity contribution in [1.29, 1.82) is 0 Å². The smallest absolute Gasteiger partial charge is 0.422 e. The number of halogens is 4. The van der Waals surface area contributed by atoms with E-state index in [1.807, 2.05) is 0 Å². The summed E-state index contributed by atoms with van der Waals surface area (Å²) in [5.74, 6) is 0.162. The fourth-order valence-electron chi connectivity index (χ4n) is 0.984. The predicted molar refractivity (Wildman–Crippen MR) is 53.2 cm³/mol. The molecule has 0 bridgehead atoms. The molecule has 1 aromatic heterocycles. The molecule has 1 aromatic rings. The van der Waals surface area contributed by atoms with E-state index in [0.717, 1.165) is 5.69 Å². The summed E-state index contributed by atoms with van der Waals surface area (Å²) in [5.41, 5.74) is 1.21. The Morgan fingerprint density at radius 3 is 2.60 bits per heavy atom. The van der Waals surface area contributed by atoms with Gasteiger partial charge in [0.2, 0.25) is 0 Å². The maximum Gasteiger partial charge on any atom is 0.422 e. The summed E-state index contributed by atoms with van der Waals surface area (Å²) in [7, 11) is 0. The van der Waals surface area contributed by atoms with Gasteiger partial charge >= 0.3 is 6.18 Å². The summed E-state index contributed by atoms with van der Waals surface area (Å²) < 4.78 is 40.3. The van der Waals surface area contributed by atoms with Gasteiger partial charge < -0.3 is 4.74 Å². The van der Waals surface area contributed by atoms with E-state index < -0.39 is 12.8 Å². The summed E-state index contributed by atoms with van der Waals surface area (Å²) in [5, 5.41) is 0.363. The third-order valence-corrected chi connectivity index (χ3v) is 2.12. The molecule has 0 atom stereocenters. The van der Waals surface area contributed by atoms with Gasteiger partial charge in [-0.15, -0.1) is 0 Å². The molecule has 0 N–H and O–H groups in total. The van der Waals surface area contributed by atoms with Gasteiger partial charge in [0.15, 0.2) is 6.61 Å². The largest absolute Gasteiger partial charge is 0.482 e. The Hall–Kier alpha value is -0.780. The van der Waals surface area contributed by atoms with Crippen molar-refractivity contribution in [3.63, 3.8) is 0 Å². The average Bonchev–Trinajstić information content (AvgIpc) is 2.14. The van der Waals surface area contributed by atoms with E-state index in [1.54, 1.807) is 13.0 Å². The van der Waals surface area contributed by atoms with Gasteiger partial charge in [-0.2, -0.15) is 13.2 Å². The van der Waals surface area contributed by atoms with Gasteiger partial charge in [0.05, 0.1) is 5.69 Å². The van der Waals surface area contributed by atoms with E-state index in [1.165, 1.54) is 6.07 Å². The maximum absolute atomic E-state index is 11.9. The minimum Gasteiger partial charge on any atom is -0.482 e. The molecule has 15 heavy (non-hydrogen) atoms. The highest BCUT2D eigenvalue weighted by atomic mass is 79.9. The monoisotopic (exact) mass is 283 g/mol. The van der Waals surface area contributed by atoms with Crippen molar-refractivity contribution in [3.05, 3.63) is 23.5 Å². The molecule has 1 rings (SSSR count). The van der Waals surface area contributed by atoms with Crippen LogP contribution in [0, 0.1) is 6.92 Å². The van der Waals surface area contributed by atoms with E-state index >= 15 is 0 Å². The predicted octanol–water partition coefficient (Wildman–Crippen LogP) is 3.23. The molecule has 0 unspecified atom stereocenters. The van der Waals surface area contributed by atoms with E-state index in [0.29, 0.717) is 11.0 Å². The SMILES string of the molecule is Cc1ccc(OCC(F)(F)F)c(CBr)n1. The van der Waals surface area contributed by atoms with Crippen LogP contribution in [0.5, 0.6) is 5.75 Å². The first kappa shape index (κ1) is 12.3. The molecule has 0 saturated carbocycles. The summed E-state index contributed by atoms with van der Waals surface area (Å²) >= 11 is 3.14. The van der Waals surface area contributed by atoms with Gasteiger partial charge in [-0.3, -0.25) is 4.98 Å². The molecule has 84 valence electrons. The molecule has 0 aromatic carbocycles. The number of hydrogen-bond acceptors (Lipinski definition) is 2. The van der Waals surface area contributed by atoms with Gasteiger partial charge in [-0.05, 0) is 19.1 Å². The Bertz CT molecular complexity index is 341. The maximum atomic E-state index is 11.9. The highest BCUT2D eigenvalue weighted by molar-refractivity contribution is 9.08. The van der Waals surface area contributed by atoms with Crippen molar-refractivity contribution >= 4 is 15.9 Å². The van der Waals surface area contributed by atoms with Crippen LogP contribution >= 0.6 is 15.9 Å². The number of aryl methyl sites for hydroxylation is 1. The summed E-state index contributed by atoms with van der Waals surface area (Å²) in [6.07, 6.45) is -4.32. The molecule has 6 heteroatoms. The molecule has 0 spiro atoms. The number of ether oxygens (including phenoxy) is 1. The Labute approximate surface area is 93.6 Å². The number of nitrogens with zero attached hydrogens (tertiary/aromatic N) is 1. The topological polar surface area (TPSA) is 22.1 Å². The lowest BCUT2D eigenvalue weighted by Gasteiger charge is -2.11. The lowest BCUT2D eigenvalue weighted by molar-refractivity contribution is -0.153. The summed E-state index contributed by atoms with van der Waals surface area (Å²) in [6, 6.07) is 3.10. The van der Waals surface area contributed by atoms with Gasteiger partial charge in [0.1, 0.15) is 5.75 Å². The summed E-state index contributed by atoms with van der Waals surface area (Å²) in [6.45, 7) is 0.470. The van der Waals surface area contributed by atoms with Crippen LogP contribution in [0.1, 0.15) is 11.4 Å². The van der Waals surface area contributed by atoms with Crippen molar-refractivity contribution in [2.24, 2.45) is 0 Å². The number of rotatable bonds is 3. The molecule has 0 aliphatic rings. The van der Waals surface area contributed by atoms with Crippen LogP contribution in [0.3, 0.4) is 0 Å². The van der Waals surface area contributed by atoms with E-state index in [2.05, 4.69) is 25.7 Å². The first-order valence-electron chi connectivity index (χ1n) is 4.14. The number of pyridine rings is 1. The van der Waals surface area contributed by atoms with Crippen LogP contribution in [0.2, 0.25) is 0 Å². The van der Waals surface area contributed by atoms with Crippen molar-refractivity contribution in [1.82, 2.24) is 4.98 Å². The molecule has 0 aliphatic heterocycles. The normalized spacial score (nSPS) is 11.5. The zero-order valence-corrected chi connectivity index (χ0v) is 9.52.